The number of nitrogens with zero attached hydrogens (tertiary/aromatic N) is 2. The Labute approximate surface area is 181 Å². The van der Waals surface area contributed by atoms with Crippen molar-refractivity contribution in [2.75, 3.05) is 10.5 Å². The van der Waals surface area contributed by atoms with E-state index < -0.39 is 44.2 Å². The van der Waals surface area contributed by atoms with Crippen LogP contribution in [0.15, 0.2) is 47.4 Å². The molecule has 2 heterocycles. The zero-order chi connectivity index (χ0) is 24.1. The third kappa shape index (κ3) is 4.16. The fourth-order valence-electron chi connectivity index (χ4n) is 3.05. The Hall–Kier alpha value is -3.81. The molecule has 14 heteroatoms. The third-order valence-corrected chi connectivity index (χ3v) is 5.93. The quantitative estimate of drug-likeness (QED) is 0.291. The summed E-state index contributed by atoms with van der Waals surface area (Å²) in [5.74, 6) is -4.99. The predicted molar refractivity (Wildman–Crippen MR) is 106 cm³/mol. The molecule has 33 heavy (non-hydrogen) atoms. The molecule has 0 aliphatic heterocycles. The number of alkyl halides is 3. The Bertz CT molecular complexity index is 1480. The first-order valence-electron chi connectivity index (χ1n) is 8.86. The van der Waals surface area contributed by atoms with Gasteiger partial charge < -0.3 is 5.73 Å². The number of nitrogens with one attached hydrogen (secondary N) is 2. The number of halogens is 6. The van der Waals surface area contributed by atoms with Gasteiger partial charge in [-0.2, -0.15) is 18.3 Å². The van der Waals surface area contributed by atoms with Crippen LogP contribution < -0.4 is 10.5 Å². The number of nitrogen functional groups attached to an aromatic ring is 1. The Kier molecular flexibility index (Phi) is 5.19. The van der Waals surface area contributed by atoms with Gasteiger partial charge in [0.1, 0.15) is 10.7 Å². The molecule has 0 aliphatic rings. The first kappa shape index (κ1) is 22.4. The van der Waals surface area contributed by atoms with E-state index in [4.69, 9.17) is 5.73 Å². The van der Waals surface area contributed by atoms with E-state index in [2.05, 4.69) is 15.2 Å². The van der Waals surface area contributed by atoms with Crippen LogP contribution >= 0.6 is 0 Å². The molecule has 4 rings (SSSR count). The van der Waals surface area contributed by atoms with Crippen LogP contribution in [0.2, 0.25) is 0 Å². The summed E-state index contributed by atoms with van der Waals surface area (Å²) in [4.78, 5) is 2.51. The molecule has 0 fully saturated rings. The first-order valence-corrected chi connectivity index (χ1v) is 10.3. The molecule has 0 radical (unpaired) electrons. The van der Waals surface area contributed by atoms with Crippen LogP contribution in [0.5, 0.6) is 0 Å². The van der Waals surface area contributed by atoms with E-state index in [9.17, 15) is 34.8 Å². The summed E-state index contributed by atoms with van der Waals surface area (Å²) in [5, 5.41) is 5.56. The van der Waals surface area contributed by atoms with Gasteiger partial charge >= 0.3 is 6.18 Å². The molecule has 2 aromatic heterocycles. The summed E-state index contributed by atoms with van der Waals surface area (Å²) in [7, 11) is -4.64. The highest BCUT2D eigenvalue weighted by atomic mass is 32.2. The first-order chi connectivity index (χ1) is 15.4. The maximum Gasteiger partial charge on any atom is 0.434 e. The molecule has 4 aromatic rings. The van der Waals surface area contributed by atoms with E-state index in [-0.39, 0.29) is 45.8 Å². The van der Waals surface area contributed by atoms with E-state index in [1.807, 2.05) is 4.72 Å². The summed E-state index contributed by atoms with van der Waals surface area (Å²) in [5.41, 5.74) is 4.18. The lowest BCUT2D eigenvalue weighted by molar-refractivity contribution is -0.139. The maximum absolute atomic E-state index is 13.8. The second kappa shape index (κ2) is 7.65. The molecule has 0 atom stereocenters. The molecular formula is C19H11F6N5O2S. The largest absolute Gasteiger partial charge is 0.434 e. The summed E-state index contributed by atoms with van der Waals surface area (Å²) >= 11 is 0. The third-order valence-electron chi connectivity index (χ3n) is 4.54. The number of hydrogen-bond acceptors (Lipinski definition) is 5. The molecule has 4 N–H and O–H groups in total. The molecule has 7 nitrogen and oxygen atoms in total. The van der Waals surface area contributed by atoms with E-state index in [1.165, 1.54) is 30.3 Å². The average Bonchev–Trinajstić information content (AvgIpc) is 3.10. The number of fused-ring (bicyclic) bond motifs is 1. The number of anilines is 2. The molecule has 0 spiro atoms. The minimum absolute atomic E-state index is 0.0107. The number of pyridine rings is 1. The summed E-state index contributed by atoms with van der Waals surface area (Å²) < 4.78 is 107. The van der Waals surface area contributed by atoms with Gasteiger partial charge in [0, 0.05) is 23.4 Å². The molecule has 0 aliphatic carbocycles. The molecule has 0 saturated heterocycles. The lowest BCUT2D eigenvalue weighted by Gasteiger charge is -2.12. The van der Waals surface area contributed by atoms with Crippen molar-refractivity contribution >= 4 is 32.4 Å². The highest BCUT2D eigenvalue weighted by Crippen LogP contribution is 2.37. The van der Waals surface area contributed by atoms with Crippen molar-refractivity contribution < 1.29 is 34.8 Å². The molecule has 2 aromatic carbocycles. The number of aromatic amines is 1. The van der Waals surface area contributed by atoms with Gasteiger partial charge in [-0.25, -0.2) is 26.6 Å². The molecule has 0 saturated carbocycles. The van der Waals surface area contributed by atoms with Crippen LogP contribution in [0, 0.1) is 17.5 Å². The number of rotatable bonds is 4. The Morgan fingerprint density at radius 1 is 0.939 bits per heavy atom. The Morgan fingerprint density at radius 3 is 2.21 bits per heavy atom. The van der Waals surface area contributed by atoms with Crippen molar-refractivity contribution in [2.24, 2.45) is 0 Å². The van der Waals surface area contributed by atoms with Gasteiger partial charge in [0.2, 0.25) is 0 Å². The second-order valence-corrected chi connectivity index (χ2v) is 8.42. The SMILES string of the molecule is Nc1n[nH]c2cc(-c3ccc(NS(=O)(=O)c4cc(F)c(F)cc4F)cc3)nc(C(F)(F)F)c12. The van der Waals surface area contributed by atoms with Crippen molar-refractivity contribution in [3.05, 3.63) is 65.6 Å². The number of hydrogen-bond donors (Lipinski definition) is 3. The molecule has 0 bridgehead atoms. The van der Waals surface area contributed by atoms with Crippen LogP contribution in [-0.2, 0) is 16.2 Å². The van der Waals surface area contributed by atoms with Crippen LogP contribution in [0.1, 0.15) is 5.69 Å². The minimum Gasteiger partial charge on any atom is -0.382 e. The van der Waals surface area contributed by atoms with Crippen molar-refractivity contribution in [3.8, 4) is 11.3 Å². The maximum atomic E-state index is 13.8. The molecule has 172 valence electrons. The number of nitrogens with two attached hydrogens (primary N) is 1. The fraction of sp³-hybridized carbons (Fsp3) is 0.0526. The van der Waals surface area contributed by atoms with Crippen molar-refractivity contribution in [2.45, 2.75) is 11.1 Å². The highest BCUT2D eigenvalue weighted by molar-refractivity contribution is 7.92. The zero-order valence-electron chi connectivity index (χ0n) is 16.0. The standard InChI is InChI=1S/C19H11F6N5O2S/c20-10-5-12(22)15(6-11(10)21)33(31,32)30-9-3-1-8(2-4-9)13-7-14-16(18(26)29-28-14)17(27-13)19(23,24)25/h1-7,30H,(H3,26,28,29). The molecular weight excluding hydrogens is 476 g/mol. The van der Waals surface area contributed by atoms with Gasteiger partial charge in [-0.05, 0) is 18.2 Å². The summed E-state index contributed by atoms with van der Waals surface area (Å²) in [6.45, 7) is 0. The topological polar surface area (TPSA) is 114 Å². The summed E-state index contributed by atoms with van der Waals surface area (Å²) in [6.07, 6.45) is -4.82. The second-order valence-electron chi connectivity index (χ2n) is 6.76. The summed E-state index contributed by atoms with van der Waals surface area (Å²) in [6, 6.07) is 6.42. The molecule has 0 amide bonds. The van der Waals surface area contributed by atoms with Crippen molar-refractivity contribution in [1.82, 2.24) is 15.2 Å². The van der Waals surface area contributed by atoms with Gasteiger partial charge in [0.25, 0.3) is 10.0 Å². The minimum atomic E-state index is -4.82. The van der Waals surface area contributed by atoms with Crippen molar-refractivity contribution in [3.63, 3.8) is 0 Å². The average molecular weight is 487 g/mol. The molecule has 0 unspecified atom stereocenters. The van der Waals surface area contributed by atoms with Gasteiger partial charge in [0.05, 0.1) is 16.6 Å². The Morgan fingerprint density at radius 2 is 1.58 bits per heavy atom. The van der Waals surface area contributed by atoms with Crippen molar-refractivity contribution in [1.29, 1.82) is 0 Å². The fourth-order valence-corrected chi connectivity index (χ4v) is 4.18. The Balaban J connectivity index is 1.68. The lowest BCUT2D eigenvalue weighted by Crippen LogP contribution is -2.15. The zero-order valence-corrected chi connectivity index (χ0v) is 16.8. The van der Waals surface area contributed by atoms with Gasteiger partial charge in [-0.15, -0.1) is 0 Å². The monoisotopic (exact) mass is 487 g/mol. The predicted octanol–water partition coefficient (Wildman–Crippen LogP) is 4.44. The van der Waals surface area contributed by atoms with Crippen LogP contribution in [0.3, 0.4) is 0 Å². The van der Waals surface area contributed by atoms with Crippen LogP contribution in [0.25, 0.3) is 22.2 Å². The number of H-pyrrole nitrogens is 1. The normalized spacial score (nSPS) is 12.3. The van der Waals surface area contributed by atoms with Crippen LogP contribution in [-0.4, -0.2) is 23.6 Å². The van der Waals surface area contributed by atoms with E-state index in [0.717, 1.165) is 0 Å². The van der Waals surface area contributed by atoms with E-state index >= 15 is 0 Å². The number of sulfonamides is 1. The van der Waals surface area contributed by atoms with Crippen LogP contribution in [0.4, 0.5) is 37.8 Å². The van der Waals surface area contributed by atoms with E-state index in [0.29, 0.717) is 0 Å². The van der Waals surface area contributed by atoms with Gasteiger partial charge in [-0.1, -0.05) is 12.1 Å². The smallest absolute Gasteiger partial charge is 0.382 e. The van der Waals surface area contributed by atoms with E-state index in [1.54, 1.807) is 0 Å². The highest BCUT2D eigenvalue weighted by Gasteiger charge is 2.37. The number of aromatic nitrogens is 3. The van der Waals surface area contributed by atoms with Gasteiger partial charge in [0.15, 0.2) is 23.1 Å². The number of benzene rings is 2. The van der Waals surface area contributed by atoms with Gasteiger partial charge in [-0.3, -0.25) is 9.82 Å². The lowest BCUT2D eigenvalue weighted by atomic mass is 10.1.